The number of anilines is 1. The highest BCUT2D eigenvalue weighted by Gasteiger charge is 2.33. The summed E-state index contributed by atoms with van der Waals surface area (Å²) in [6, 6.07) is 7.76. The maximum Gasteiger partial charge on any atom is 0.414 e. The van der Waals surface area contributed by atoms with Gasteiger partial charge in [-0.15, -0.1) is 0 Å². The topological polar surface area (TPSA) is 72.9 Å². The normalized spacial score (nSPS) is 18.5. The molecule has 1 heterocycles. The van der Waals surface area contributed by atoms with Gasteiger partial charge in [-0.3, -0.25) is 9.08 Å². The van der Waals surface area contributed by atoms with Gasteiger partial charge in [0, 0.05) is 5.69 Å². The lowest BCUT2D eigenvalue weighted by molar-refractivity contribution is 0.107. The minimum atomic E-state index is -3.54. The molecule has 1 aliphatic rings. The Morgan fingerprint density at radius 1 is 1.32 bits per heavy atom. The van der Waals surface area contributed by atoms with Crippen molar-refractivity contribution in [2.75, 3.05) is 24.3 Å². The summed E-state index contributed by atoms with van der Waals surface area (Å²) < 4.78 is 31.7. The van der Waals surface area contributed by atoms with E-state index in [1.165, 1.54) is 10.5 Å². The number of benzene rings is 1. The Morgan fingerprint density at radius 2 is 2.00 bits per heavy atom. The van der Waals surface area contributed by atoms with Crippen molar-refractivity contribution < 1.29 is 22.1 Å². The molecule has 1 unspecified atom stereocenters. The number of hydrogen-bond donors (Lipinski definition) is 0. The highest BCUT2D eigenvalue weighted by atomic mass is 32.2. The van der Waals surface area contributed by atoms with Gasteiger partial charge in [0.2, 0.25) is 0 Å². The van der Waals surface area contributed by atoms with Crippen LogP contribution in [-0.2, 0) is 25.5 Å². The summed E-state index contributed by atoms with van der Waals surface area (Å²) in [5.41, 5.74) is 1.97. The molecule has 0 aromatic heterocycles. The molecule has 6 nitrogen and oxygen atoms in total. The molecule has 1 aromatic carbocycles. The maximum absolute atomic E-state index is 11.9. The number of amides is 1. The maximum atomic E-state index is 11.9. The molecule has 1 fully saturated rings. The molecule has 0 radical (unpaired) electrons. The van der Waals surface area contributed by atoms with E-state index in [9.17, 15) is 13.2 Å². The largest absolute Gasteiger partial charge is 0.441 e. The predicted molar refractivity (Wildman–Crippen MR) is 83.5 cm³/mol. The number of ether oxygens (including phenoxy) is 1. The van der Waals surface area contributed by atoms with Crippen molar-refractivity contribution in [2.24, 2.45) is 0 Å². The van der Waals surface area contributed by atoms with Gasteiger partial charge in [0.15, 0.2) is 0 Å². The standard InChI is InChI=1S/C15H21NO5S/c1-3-4-5-12-6-8-13(9-7-12)16-10-14(21-15(16)17)11-20-22(2,18)19/h6-9,14H,3-5,10-11H2,1-2H3. The van der Waals surface area contributed by atoms with E-state index < -0.39 is 22.3 Å². The number of hydrogen-bond acceptors (Lipinski definition) is 5. The quantitative estimate of drug-likeness (QED) is 0.719. The third-order valence-corrected chi connectivity index (χ3v) is 3.97. The molecule has 1 aliphatic heterocycles. The zero-order valence-corrected chi connectivity index (χ0v) is 13.6. The lowest BCUT2D eigenvalue weighted by Crippen LogP contribution is -2.26. The van der Waals surface area contributed by atoms with Crippen molar-refractivity contribution in [3.63, 3.8) is 0 Å². The molecule has 0 bridgehead atoms. The van der Waals surface area contributed by atoms with E-state index in [0.29, 0.717) is 0 Å². The number of cyclic esters (lactones) is 1. The zero-order valence-electron chi connectivity index (χ0n) is 12.8. The van der Waals surface area contributed by atoms with Crippen LogP contribution in [0.5, 0.6) is 0 Å². The monoisotopic (exact) mass is 327 g/mol. The van der Waals surface area contributed by atoms with E-state index in [1.54, 1.807) is 0 Å². The summed E-state index contributed by atoms with van der Waals surface area (Å²) in [6.45, 7) is 2.27. The second-order valence-electron chi connectivity index (χ2n) is 5.38. The van der Waals surface area contributed by atoms with Gasteiger partial charge in [-0.25, -0.2) is 4.79 Å². The summed E-state index contributed by atoms with van der Waals surface area (Å²) in [4.78, 5) is 13.4. The van der Waals surface area contributed by atoms with Crippen molar-refractivity contribution in [2.45, 2.75) is 32.3 Å². The third kappa shape index (κ3) is 4.71. The third-order valence-electron chi connectivity index (χ3n) is 3.41. The Labute approximate surface area is 131 Å². The van der Waals surface area contributed by atoms with Gasteiger partial charge in [-0.1, -0.05) is 25.5 Å². The fourth-order valence-electron chi connectivity index (χ4n) is 2.24. The predicted octanol–water partition coefficient (Wildman–Crippen LogP) is 2.33. The molecule has 1 atom stereocenters. The minimum absolute atomic E-state index is 0.157. The molecule has 1 saturated heterocycles. The molecule has 1 aromatic rings. The van der Waals surface area contributed by atoms with Gasteiger partial charge in [0.05, 0.1) is 12.8 Å². The van der Waals surface area contributed by atoms with Gasteiger partial charge >= 0.3 is 6.09 Å². The highest BCUT2D eigenvalue weighted by Crippen LogP contribution is 2.23. The first-order chi connectivity index (χ1) is 10.4. The molecule has 0 spiro atoms. The summed E-state index contributed by atoms with van der Waals surface area (Å²) in [6.07, 6.45) is 3.20. The van der Waals surface area contributed by atoms with E-state index >= 15 is 0 Å². The summed E-state index contributed by atoms with van der Waals surface area (Å²) in [5.74, 6) is 0. The molecule has 2 rings (SSSR count). The van der Waals surface area contributed by atoms with Crippen molar-refractivity contribution in [3.05, 3.63) is 29.8 Å². The van der Waals surface area contributed by atoms with E-state index in [4.69, 9.17) is 4.74 Å². The molecule has 1 amide bonds. The van der Waals surface area contributed by atoms with Crippen molar-refractivity contribution in [1.82, 2.24) is 0 Å². The number of unbranched alkanes of at least 4 members (excludes halogenated alkanes) is 1. The van der Waals surface area contributed by atoms with Gasteiger partial charge in [-0.05, 0) is 30.5 Å². The van der Waals surface area contributed by atoms with E-state index in [1.807, 2.05) is 24.3 Å². The Kier molecular flexibility index (Phi) is 5.42. The number of carbonyl (C=O) groups excluding carboxylic acids is 1. The average Bonchev–Trinajstić information content (AvgIpc) is 2.84. The van der Waals surface area contributed by atoms with Gasteiger partial charge < -0.3 is 4.74 Å². The second kappa shape index (κ2) is 7.11. The highest BCUT2D eigenvalue weighted by molar-refractivity contribution is 7.85. The SMILES string of the molecule is CCCCc1ccc(N2CC(COS(C)(=O)=O)OC2=O)cc1. The van der Waals surface area contributed by atoms with Crippen LogP contribution in [0, 0.1) is 0 Å². The zero-order chi connectivity index (χ0) is 16.2. The Hall–Kier alpha value is -1.60. The number of nitrogens with zero attached hydrogens (tertiary/aromatic N) is 1. The van der Waals surface area contributed by atoms with E-state index in [-0.39, 0.29) is 13.2 Å². The number of rotatable bonds is 7. The van der Waals surface area contributed by atoms with E-state index in [2.05, 4.69) is 11.1 Å². The molecule has 7 heteroatoms. The van der Waals surface area contributed by atoms with Crippen LogP contribution in [0.2, 0.25) is 0 Å². The van der Waals surface area contributed by atoms with Crippen molar-refractivity contribution in [3.8, 4) is 0 Å². The smallest absolute Gasteiger partial charge is 0.414 e. The molecular formula is C15H21NO5S. The summed E-state index contributed by atoms with van der Waals surface area (Å²) in [5, 5.41) is 0. The van der Waals surface area contributed by atoms with Crippen LogP contribution in [0.25, 0.3) is 0 Å². The lowest BCUT2D eigenvalue weighted by Gasteiger charge is -2.13. The first-order valence-corrected chi connectivity index (χ1v) is 9.12. The van der Waals surface area contributed by atoms with Crippen LogP contribution < -0.4 is 4.90 Å². The number of carbonyl (C=O) groups is 1. The summed E-state index contributed by atoms with van der Waals surface area (Å²) >= 11 is 0. The van der Waals surface area contributed by atoms with Crippen LogP contribution in [-0.4, -0.2) is 40.0 Å². The van der Waals surface area contributed by atoms with Gasteiger partial charge in [0.25, 0.3) is 10.1 Å². The van der Waals surface area contributed by atoms with Crippen LogP contribution in [0.1, 0.15) is 25.3 Å². The molecule has 0 saturated carbocycles. The molecule has 0 aliphatic carbocycles. The summed E-state index contributed by atoms with van der Waals surface area (Å²) in [7, 11) is -3.54. The van der Waals surface area contributed by atoms with Crippen LogP contribution >= 0.6 is 0 Å². The van der Waals surface area contributed by atoms with Crippen LogP contribution in [0.15, 0.2) is 24.3 Å². The van der Waals surface area contributed by atoms with E-state index in [0.717, 1.165) is 31.2 Å². The van der Waals surface area contributed by atoms with Gasteiger partial charge in [-0.2, -0.15) is 8.42 Å². The first kappa shape index (κ1) is 16.8. The Balaban J connectivity index is 1.96. The fourth-order valence-corrected chi connectivity index (χ4v) is 2.64. The lowest BCUT2D eigenvalue weighted by atomic mass is 10.1. The van der Waals surface area contributed by atoms with Gasteiger partial charge in [0.1, 0.15) is 12.7 Å². The fraction of sp³-hybridized carbons (Fsp3) is 0.533. The molecular weight excluding hydrogens is 306 g/mol. The number of aryl methyl sites for hydroxylation is 1. The molecule has 22 heavy (non-hydrogen) atoms. The Bertz CT molecular complexity index is 611. The first-order valence-electron chi connectivity index (χ1n) is 7.30. The minimum Gasteiger partial charge on any atom is -0.441 e. The second-order valence-corrected chi connectivity index (χ2v) is 7.02. The molecule has 122 valence electrons. The van der Waals surface area contributed by atoms with Crippen LogP contribution in [0.4, 0.5) is 10.5 Å². The average molecular weight is 327 g/mol. The van der Waals surface area contributed by atoms with Crippen molar-refractivity contribution in [1.29, 1.82) is 0 Å². The molecule has 0 N–H and O–H groups in total. The Morgan fingerprint density at radius 3 is 2.59 bits per heavy atom. The van der Waals surface area contributed by atoms with Crippen molar-refractivity contribution >= 4 is 21.9 Å². The van der Waals surface area contributed by atoms with Crippen LogP contribution in [0.3, 0.4) is 0 Å².